The van der Waals surface area contributed by atoms with E-state index in [0.717, 1.165) is 55.9 Å². The van der Waals surface area contributed by atoms with E-state index >= 15 is 0 Å². The molecule has 0 bridgehead atoms. The molecule has 4 heteroatoms. The Hall–Kier alpha value is -1.39. The Morgan fingerprint density at radius 1 is 1.15 bits per heavy atom. The molecule has 1 aliphatic rings. The fraction of sp³-hybridized carbons (Fsp3) is 0.562. The van der Waals surface area contributed by atoms with Gasteiger partial charge in [0.1, 0.15) is 18.6 Å². The van der Waals surface area contributed by atoms with Gasteiger partial charge in [-0.15, -0.1) is 0 Å². The fourth-order valence-corrected chi connectivity index (χ4v) is 2.63. The zero-order valence-electron chi connectivity index (χ0n) is 12.7. The lowest BCUT2D eigenvalue weighted by atomic mass is 10.1. The van der Waals surface area contributed by atoms with Crippen LogP contribution in [-0.2, 0) is 0 Å². The van der Waals surface area contributed by atoms with Crippen molar-refractivity contribution < 1.29 is 9.53 Å². The molecule has 20 heavy (non-hydrogen) atoms. The Balaban J connectivity index is 1.86. The summed E-state index contributed by atoms with van der Waals surface area (Å²) in [7, 11) is 2.16. The van der Waals surface area contributed by atoms with Crippen LogP contribution in [0.3, 0.4) is 0 Å². The summed E-state index contributed by atoms with van der Waals surface area (Å²) < 4.78 is 5.93. The van der Waals surface area contributed by atoms with Crippen molar-refractivity contribution in [3.8, 4) is 5.75 Å². The number of ether oxygens (including phenoxy) is 1. The largest absolute Gasteiger partial charge is 0.492 e. The van der Waals surface area contributed by atoms with Crippen molar-refractivity contribution in [2.24, 2.45) is 0 Å². The highest BCUT2D eigenvalue weighted by Gasteiger charge is 2.13. The predicted octanol–water partition coefficient (Wildman–Crippen LogP) is 1.74. The summed E-state index contributed by atoms with van der Waals surface area (Å²) in [6.07, 6.45) is 0.883. The maximum Gasteiger partial charge on any atom is 0.150 e. The van der Waals surface area contributed by atoms with Crippen LogP contribution in [0.1, 0.15) is 21.5 Å². The number of aldehydes is 1. The highest BCUT2D eigenvalue weighted by molar-refractivity contribution is 5.76. The smallest absolute Gasteiger partial charge is 0.150 e. The van der Waals surface area contributed by atoms with Crippen LogP contribution in [0.15, 0.2) is 12.1 Å². The molecule has 0 amide bonds. The minimum absolute atomic E-state index is 0.700. The van der Waals surface area contributed by atoms with Gasteiger partial charge < -0.3 is 9.64 Å². The number of carbonyl (C=O) groups is 1. The molecule has 2 rings (SSSR count). The predicted molar refractivity (Wildman–Crippen MR) is 80.7 cm³/mol. The topological polar surface area (TPSA) is 32.8 Å². The molecular weight excluding hydrogens is 252 g/mol. The molecule has 4 nitrogen and oxygen atoms in total. The molecule has 0 spiro atoms. The average molecular weight is 276 g/mol. The quantitative estimate of drug-likeness (QED) is 0.767. The molecule has 0 radical (unpaired) electrons. The van der Waals surface area contributed by atoms with Crippen LogP contribution in [0.5, 0.6) is 5.75 Å². The molecule has 1 saturated heterocycles. The van der Waals surface area contributed by atoms with Crippen LogP contribution >= 0.6 is 0 Å². The number of hydrogen-bond donors (Lipinski definition) is 0. The fourth-order valence-electron chi connectivity index (χ4n) is 2.63. The van der Waals surface area contributed by atoms with Crippen molar-refractivity contribution in [2.45, 2.75) is 13.8 Å². The first-order valence-electron chi connectivity index (χ1n) is 7.20. The van der Waals surface area contributed by atoms with Gasteiger partial charge in [0.15, 0.2) is 0 Å². The number of benzene rings is 1. The number of carbonyl (C=O) groups excluding carboxylic acids is 1. The SMILES string of the molecule is Cc1cc(C=O)cc(C)c1OCCN1CCN(C)CC1. The highest BCUT2D eigenvalue weighted by atomic mass is 16.5. The van der Waals surface area contributed by atoms with E-state index in [2.05, 4.69) is 16.8 Å². The van der Waals surface area contributed by atoms with Crippen LogP contribution in [-0.4, -0.2) is 62.5 Å². The second-order valence-electron chi connectivity index (χ2n) is 5.60. The standard InChI is InChI=1S/C16H24N2O2/c1-13-10-15(12-19)11-14(2)16(13)20-9-8-18-6-4-17(3)5-7-18/h10-12H,4-9H2,1-3H3. The van der Waals surface area contributed by atoms with Gasteiger partial charge in [-0.2, -0.15) is 0 Å². The van der Waals surface area contributed by atoms with Crippen LogP contribution in [0.4, 0.5) is 0 Å². The summed E-state index contributed by atoms with van der Waals surface area (Å²) in [5.41, 5.74) is 2.78. The van der Waals surface area contributed by atoms with Crippen molar-refractivity contribution in [3.63, 3.8) is 0 Å². The van der Waals surface area contributed by atoms with E-state index < -0.39 is 0 Å². The van der Waals surface area contributed by atoms with Crippen molar-refractivity contribution in [1.29, 1.82) is 0 Å². The second kappa shape index (κ2) is 6.86. The summed E-state index contributed by atoms with van der Waals surface area (Å²) in [4.78, 5) is 15.6. The molecule has 1 heterocycles. The van der Waals surface area contributed by atoms with Crippen LogP contribution in [0.25, 0.3) is 0 Å². The minimum Gasteiger partial charge on any atom is -0.492 e. The van der Waals surface area contributed by atoms with Gasteiger partial charge in [-0.1, -0.05) is 0 Å². The summed E-state index contributed by atoms with van der Waals surface area (Å²) in [6, 6.07) is 3.76. The molecule has 110 valence electrons. The van der Waals surface area contributed by atoms with Crippen LogP contribution in [0.2, 0.25) is 0 Å². The minimum atomic E-state index is 0.700. The van der Waals surface area contributed by atoms with Gasteiger partial charge in [0.25, 0.3) is 0 Å². The summed E-state index contributed by atoms with van der Waals surface area (Å²) in [5.74, 6) is 0.921. The van der Waals surface area contributed by atoms with Gasteiger partial charge in [-0.25, -0.2) is 0 Å². The Kier molecular flexibility index (Phi) is 5.15. The third kappa shape index (κ3) is 3.81. The van der Waals surface area contributed by atoms with Crippen molar-refractivity contribution in [1.82, 2.24) is 9.80 Å². The van der Waals surface area contributed by atoms with E-state index in [1.807, 2.05) is 26.0 Å². The summed E-state index contributed by atoms with van der Waals surface area (Å²) in [5, 5.41) is 0. The molecule has 0 aromatic heterocycles. The zero-order valence-corrected chi connectivity index (χ0v) is 12.7. The normalized spacial score (nSPS) is 17.1. The lowest BCUT2D eigenvalue weighted by Crippen LogP contribution is -2.45. The second-order valence-corrected chi connectivity index (χ2v) is 5.60. The Bertz CT molecular complexity index is 443. The average Bonchev–Trinajstić information content (AvgIpc) is 2.43. The molecular formula is C16H24N2O2. The van der Waals surface area contributed by atoms with E-state index in [1.54, 1.807) is 0 Å². The van der Waals surface area contributed by atoms with Crippen molar-refractivity contribution in [2.75, 3.05) is 46.4 Å². The van der Waals surface area contributed by atoms with Gasteiger partial charge in [0.05, 0.1) is 0 Å². The first kappa shape index (κ1) is 15.0. The molecule has 0 N–H and O–H groups in total. The monoisotopic (exact) mass is 276 g/mol. The Morgan fingerprint density at radius 2 is 1.75 bits per heavy atom. The summed E-state index contributed by atoms with van der Waals surface area (Å²) in [6.45, 7) is 10.1. The van der Waals surface area contributed by atoms with E-state index in [1.165, 1.54) is 0 Å². The Morgan fingerprint density at radius 3 is 2.30 bits per heavy atom. The van der Waals surface area contributed by atoms with Crippen LogP contribution in [0, 0.1) is 13.8 Å². The van der Waals surface area contributed by atoms with Gasteiger partial charge >= 0.3 is 0 Å². The summed E-state index contributed by atoms with van der Waals surface area (Å²) >= 11 is 0. The molecule has 0 unspecified atom stereocenters. The van der Waals surface area contributed by atoms with Gasteiger partial charge in [0, 0.05) is 38.3 Å². The first-order valence-corrected chi connectivity index (χ1v) is 7.20. The molecule has 0 aliphatic carbocycles. The van der Waals surface area contributed by atoms with Gasteiger partial charge in [-0.05, 0) is 44.2 Å². The molecule has 1 aromatic carbocycles. The third-order valence-electron chi connectivity index (χ3n) is 3.87. The van der Waals surface area contributed by atoms with Crippen molar-refractivity contribution >= 4 is 6.29 Å². The maximum atomic E-state index is 10.8. The number of aryl methyl sites for hydroxylation is 2. The number of likely N-dealkylation sites (N-methyl/N-ethyl adjacent to an activating group) is 1. The van der Waals surface area contributed by atoms with Gasteiger partial charge in [0.2, 0.25) is 0 Å². The number of rotatable bonds is 5. The number of piperazine rings is 1. The first-order chi connectivity index (χ1) is 9.60. The molecule has 0 saturated carbocycles. The van der Waals surface area contributed by atoms with E-state index in [4.69, 9.17) is 4.74 Å². The van der Waals surface area contributed by atoms with Crippen molar-refractivity contribution in [3.05, 3.63) is 28.8 Å². The molecule has 1 fully saturated rings. The zero-order chi connectivity index (χ0) is 14.5. The lowest BCUT2D eigenvalue weighted by molar-refractivity contribution is 0.112. The number of hydrogen-bond acceptors (Lipinski definition) is 4. The third-order valence-corrected chi connectivity index (χ3v) is 3.87. The van der Waals surface area contributed by atoms with E-state index in [-0.39, 0.29) is 0 Å². The highest BCUT2D eigenvalue weighted by Crippen LogP contribution is 2.24. The maximum absolute atomic E-state index is 10.8. The number of nitrogens with zero attached hydrogens (tertiary/aromatic N) is 2. The van der Waals surface area contributed by atoms with Gasteiger partial charge in [-0.3, -0.25) is 9.69 Å². The lowest BCUT2D eigenvalue weighted by Gasteiger charge is -2.32. The Labute approximate surface area is 121 Å². The molecule has 0 atom stereocenters. The van der Waals surface area contributed by atoms with E-state index in [0.29, 0.717) is 12.2 Å². The van der Waals surface area contributed by atoms with E-state index in [9.17, 15) is 4.79 Å². The molecule has 1 aromatic rings. The van der Waals surface area contributed by atoms with Crippen LogP contribution < -0.4 is 4.74 Å². The molecule has 1 aliphatic heterocycles.